The van der Waals surface area contributed by atoms with E-state index in [0.717, 1.165) is 43.5 Å². The van der Waals surface area contributed by atoms with Gasteiger partial charge < -0.3 is 10.1 Å². The van der Waals surface area contributed by atoms with Crippen molar-refractivity contribution < 1.29 is 15.1 Å². The Balaban J connectivity index is 1.61. The molecule has 0 radical (unpaired) electrons. The van der Waals surface area contributed by atoms with Gasteiger partial charge >= 0.3 is 0 Å². The molecule has 0 atom stereocenters. The normalized spacial score (nSPS) is 14.5. The molecular formula is C24H29N3O3. The highest BCUT2D eigenvalue weighted by Gasteiger charge is 2.12. The zero-order chi connectivity index (χ0) is 21.2. The van der Waals surface area contributed by atoms with Crippen LogP contribution in [-0.2, 0) is 24.2 Å². The van der Waals surface area contributed by atoms with Crippen molar-refractivity contribution in [1.29, 1.82) is 0 Å². The average molecular weight is 408 g/mol. The van der Waals surface area contributed by atoms with E-state index in [-0.39, 0.29) is 6.61 Å². The molecule has 0 saturated carbocycles. The van der Waals surface area contributed by atoms with Gasteiger partial charge in [0.1, 0.15) is 0 Å². The Bertz CT molecular complexity index is 910. The summed E-state index contributed by atoms with van der Waals surface area (Å²) in [4.78, 5) is 16.7. The number of rotatable bonds is 9. The lowest BCUT2D eigenvalue weighted by Crippen LogP contribution is -2.28. The molecule has 1 amide bonds. The highest BCUT2D eigenvalue weighted by atomic mass is 16.5. The SMILES string of the molecule is O=C(/C=C/c1ccc(CN(CCO)CCc2c[nH]c3c2CC=CC/C=C\3)cc1)NO. The fourth-order valence-corrected chi connectivity index (χ4v) is 3.58. The second-order valence-corrected chi connectivity index (χ2v) is 7.32. The van der Waals surface area contributed by atoms with Crippen molar-refractivity contribution in [3.05, 3.63) is 82.7 Å². The Hall–Kier alpha value is -2.93. The van der Waals surface area contributed by atoms with Gasteiger partial charge in [-0.25, -0.2) is 5.48 Å². The van der Waals surface area contributed by atoms with Crippen LogP contribution in [0, 0.1) is 0 Å². The van der Waals surface area contributed by atoms with Gasteiger partial charge in [-0.2, -0.15) is 0 Å². The molecule has 158 valence electrons. The number of aromatic amines is 1. The van der Waals surface area contributed by atoms with E-state index in [2.05, 4.69) is 40.4 Å². The van der Waals surface area contributed by atoms with Crippen molar-refractivity contribution in [2.24, 2.45) is 0 Å². The molecule has 2 aromatic rings. The summed E-state index contributed by atoms with van der Waals surface area (Å²) in [6.07, 6.45) is 16.6. The number of nitrogens with zero attached hydrogens (tertiary/aromatic N) is 1. The van der Waals surface area contributed by atoms with Crippen LogP contribution in [-0.4, -0.2) is 45.8 Å². The van der Waals surface area contributed by atoms with Gasteiger partial charge in [-0.3, -0.25) is 14.9 Å². The van der Waals surface area contributed by atoms with Gasteiger partial charge in [0, 0.05) is 37.6 Å². The summed E-state index contributed by atoms with van der Waals surface area (Å²) in [5, 5.41) is 18.0. The molecule has 1 aliphatic carbocycles. The first kappa shape index (κ1) is 21.8. The maximum atomic E-state index is 11.1. The lowest BCUT2D eigenvalue weighted by Gasteiger charge is -2.21. The van der Waals surface area contributed by atoms with Crippen LogP contribution >= 0.6 is 0 Å². The van der Waals surface area contributed by atoms with Gasteiger partial charge in [0.05, 0.1) is 6.61 Å². The zero-order valence-electron chi connectivity index (χ0n) is 17.1. The molecule has 6 nitrogen and oxygen atoms in total. The molecular weight excluding hydrogens is 378 g/mol. The molecule has 1 aromatic heterocycles. The molecule has 4 N–H and O–H groups in total. The summed E-state index contributed by atoms with van der Waals surface area (Å²) in [6, 6.07) is 7.90. The molecule has 0 unspecified atom stereocenters. The van der Waals surface area contributed by atoms with Crippen LogP contribution in [0.1, 0.15) is 34.4 Å². The minimum Gasteiger partial charge on any atom is -0.395 e. The number of allylic oxidation sites excluding steroid dienone is 3. The third-order valence-electron chi connectivity index (χ3n) is 5.20. The first-order valence-corrected chi connectivity index (χ1v) is 10.2. The molecule has 0 fully saturated rings. The number of benzene rings is 1. The summed E-state index contributed by atoms with van der Waals surface area (Å²) in [5.41, 5.74) is 7.47. The van der Waals surface area contributed by atoms with Gasteiger partial charge in [-0.15, -0.1) is 0 Å². The van der Waals surface area contributed by atoms with Crippen LogP contribution in [0.5, 0.6) is 0 Å². The number of carbonyl (C=O) groups excluding carboxylic acids is 1. The highest BCUT2D eigenvalue weighted by Crippen LogP contribution is 2.20. The van der Waals surface area contributed by atoms with Crippen molar-refractivity contribution in [1.82, 2.24) is 15.4 Å². The van der Waals surface area contributed by atoms with E-state index < -0.39 is 5.91 Å². The number of amides is 1. The Morgan fingerprint density at radius 3 is 2.77 bits per heavy atom. The smallest absolute Gasteiger partial charge is 0.267 e. The van der Waals surface area contributed by atoms with E-state index >= 15 is 0 Å². The minimum atomic E-state index is -0.558. The molecule has 1 aliphatic rings. The standard InChI is InChI=1S/C24H29N3O3/c28-16-15-27(18-20-9-7-19(8-10-20)11-12-24(29)26-30)14-13-21-17-25-23-6-4-2-1-3-5-22(21)23/h1,3-4,6-12,17,25,28,30H,2,5,13-16,18H2,(H,26,29)/b3-1?,6-4-,12-11+. The number of nitrogens with one attached hydrogen (secondary N) is 2. The third kappa shape index (κ3) is 6.29. The molecule has 6 heteroatoms. The second kappa shape index (κ2) is 11.3. The van der Waals surface area contributed by atoms with Crippen molar-refractivity contribution >= 4 is 18.1 Å². The number of aliphatic hydroxyl groups excluding tert-OH is 1. The number of hydroxylamine groups is 1. The largest absolute Gasteiger partial charge is 0.395 e. The van der Waals surface area contributed by atoms with Gasteiger partial charge in [0.2, 0.25) is 0 Å². The quantitative estimate of drug-likeness (QED) is 0.223. The van der Waals surface area contributed by atoms with Crippen LogP contribution < -0.4 is 5.48 Å². The monoisotopic (exact) mass is 407 g/mol. The van der Waals surface area contributed by atoms with Gasteiger partial charge in [0.25, 0.3) is 5.91 Å². The summed E-state index contributed by atoms with van der Waals surface area (Å²) in [7, 11) is 0. The topological polar surface area (TPSA) is 88.6 Å². The predicted molar refractivity (Wildman–Crippen MR) is 119 cm³/mol. The van der Waals surface area contributed by atoms with Crippen LogP contribution in [0.15, 0.2) is 54.8 Å². The van der Waals surface area contributed by atoms with Crippen LogP contribution in [0.2, 0.25) is 0 Å². The number of hydrogen-bond donors (Lipinski definition) is 4. The van der Waals surface area contributed by atoms with Crippen LogP contribution in [0.4, 0.5) is 0 Å². The van der Waals surface area contributed by atoms with E-state index in [0.29, 0.717) is 6.54 Å². The maximum absolute atomic E-state index is 11.1. The second-order valence-electron chi connectivity index (χ2n) is 7.32. The third-order valence-corrected chi connectivity index (χ3v) is 5.20. The number of hydrogen-bond acceptors (Lipinski definition) is 4. The van der Waals surface area contributed by atoms with E-state index in [9.17, 15) is 9.90 Å². The lowest BCUT2D eigenvalue weighted by atomic mass is 10.0. The van der Waals surface area contributed by atoms with E-state index in [1.165, 1.54) is 22.9 Å². The maximum Gasteiger partial charge on any atom is 0.267 e. The van der Waals surface area contributed by atoms with Gasteiger partial charge in [0.15, 0.2) is 0 Å². The summed E-state index contributed by atoms with van der Waals surface area (Å²) < 4.78 is 0. The van der Waals surface area contributed by atoms with Crippen LogP contribution in [0.3, 0.4) is 0 Å². The van der Waals surface area contributed by atoms with E-state index in [4.69, 9.17) is 5.21 Å². The van der Waals surface area contributed by atoms with Crippen molar-refractivity contribution in [2.45, 2.75) is 25.8 Å². The zero-order valence-corrected chi connectivity index (χ0v) is 17.1. The molecule has 30 heavy (non-hydrogen) atoms. The van der Waals surface area contributed by atoms with Crippen molar-refractivity contribution in [3.63, 3.8) is 0 Å². The number of fused-ring (bicyclic) bond motifs is 1. The first-order valence-electron chi connectivity index (χ1n) is 10.2. The Kier molecular flexibility index (Phi) is 8.20. The van der Waals surface area contributed by atoms with E-state index in [1.807, 2.05) is 24.3 Å². The average Bonchev–Trinajstić information content (AvgIpc) is 3.11. The Labute approximate surface area is 177 Å². The fourth-order valence-electron chi connectivity index (χ4n) is 3.58. The van der Waals surface area contributed by atoms with E-state index in [1.54, 1.807) is 11.6 Å². The number of aromatic nitrogens is 1. The summed E-state index contributed by atoms with van der Waals surface area (Å²) in [5.74, 6) is -0.558. The molecule has 3 rings (SSSR count). The Morgan fingerprint density at radius 2 is 2.00 bits per heavy atom. The number of carbonyl (C=O) groups is 1. The molecule has 0 saturated heterocycles. The number of aliphatic hydroxyl groups is 1. The molecule has 0 aliphatic heterocycles. The van der Waals surface area contributed by atoms with Crippen LogP contribution in [0.25, 0.3) is 12.2 Å². The summed E-state index contributed by atoms with van der Waals surface area (Å²) >= 11 is 0. The first-order chi connectivity index (χ1) is 14.7. The van der Waals surface area contributed by atoms with Gasteiger partial charge in [-0.05, 0) is 53.7 Å². The minimum absolute atomic E-state index is 0.119. The molecule has 0 bridgehead atoms. The highest BCUT2D eigenvalue weighted by molar-refractivity contribution is 5.90. The lowest BCUT2D eigenvalue weighted by molar-refractivity contribution is -0.124. The summed E-state index contributed by atoms with van der Waals surface area (Å²) in [6.45, 7) is 2.34. The van der Waals surface area contributed by atoms with Gasteiger partial charge in [-0.1, -0.05) is 42.5 Å². The molecule has 1 aromatic carbocycles. The van der Waals surface area contributed by atoms with Crippen molar-refractivity contribution in [2.75, 3.05) is 19.7 Å². The van der Waals surface area contributed by atoms with Crippen molar-refractivity contribution in [3.8, 4) is 0 Å². The Morgan fingerprint density at radius 1 is 1.17 bits per heavy atom. The molecule has 1 heterocycles. The fraction of sp³-hybridized carbons (Fsp3) is 0.292. The number of H-pyrrole nitrogens is 1. The molecule has 0 spiro atoms. The predicted octanol–water partition coefficient (Wildman–Crippen LogP) is 3.09.